The third kappa shape index (κ3) is 2.18. The molecule has 0 aliphatic heterocycles. The first-order valence-corrected chi connectivity index (χ1v) is 5.37. The zero-order chi connectivity index (χ0) is 10.2. The maximum absolute atomic E-state index is 13.1. The zero-order valence-corrected chi connectivity index (χ0v) is 8.31. The van der Waals surface area contributed by atoms with Crippen LogP contribution in [0.25, 0.3) is 0 Å². The maximum atomic E-state index is 13.1. The third-order valence-corrected chi connectivity index (χ3v) is 2.00. The molecule has 7 heteroatoms. The lowest BCUT2D eigenvalue weighted by atomic mass is 10.4. The number of hydrogen-bond acceptors (Lipinski definition) is 3. The summed E-state index contributed by atoms with van der Waals surface area (Å²) in [7, 11) is -2.00. The van der Waals surface area contributed by atoms with Crippen LogP contribution in [0.3, 0.4) is 0 Å². The Morgan fingerprint density at radius 2 is 2.08 bits per heavy atom. The molecule has 1 aromatic heterocycles. The number of nitrogens with one attached hydrogen (secondary N) is 1. The highest BCUT2D eigenvalue weighted by atomic mass is 32.2. The van der Waals surface area contributed by atoms with E-state index < -0.39 is 15.8 Å². The van der Waals surface area contributed by atoms with E-state index >= 15 is 0 Å². The van der Waals surface area contributed by atoms with Gasteiger partial charge in [-0.15, -0.1) is 0 Å². The normalized spacial score (nSPS) is 11.7. The molecule has 0 bridgehead atoms. The summed E-state index contributed by atoms with van der Waals surface area (Å²) in [5.74, 6) is -0.784. The molecule has 5 nitrogen and oxygen atoms in total. The van der Waals surface area contributed by atoms with Crippen molar-refractivity contribution in [2.75, 3.05) is 11.0 Å². The van der Waals surface area contributed by atoms with Crippen LogP contribution in [0.5, 0.6) is 0 Å². The molecular weight excluding hydrogens is 197 g/mol. The van der Waals surface area contributed by atoms with Crippen LogP contribution < -0.4 is 4.72 Å². The van der Waals surface area contributed by atoms with Crippen molar-refractivity contribution in [2.24, 2.45) is 7.05 Å². The highest BCUT2D eigenvalue weighted by Gasteiger charge is 2.15. The summed E-state index contributed by atoms with van der Waals surface area (Å²) in [6.07, 6.45) is 0.953. The largest absolute Gasteiger partial charge is 0.265 e. The monoisotopic (exact) mass is 207 g/mol. The molecular formula is C6H10FN3O2S. The van der Waals surface area contributed by atoms with Crippen molar-refractivity contribution in [3.8, 4) is 0 Å². The van der Waals surface area contributed by atoms with Crippen molar-refractivity contribution in [1.82, 2.24) is 9.78 Å². The lowest BCUT2D eigenvalue weighted by Crippen LogP contribution is -2.13. The highest BCUT2D eigenvalue weighted by Crippen LogP contribution is 2.16. The number of aryl methyl sites for hydroxylation is 2. The van der Waals surface area contributed by atoms with E-state index in [0.29, 0.717) is 0 Å². The molecule has 0 unspecified atom stereocenters. The summed E-state index contributed by atoms with van der Waals surface area (Å²) in [5, 5.41) is 3.71. The fraction of sp³-hybridized carbons (Fsp3) is 0.500. The smallest absolute Gasteiger partial charge is 0.231 e. The number of anilines is 1. The highest BCUT2D eigenvalue weighted by molar-refractivity contribution is 7.92. The summed E-state index contributed by atoms with van der Waals surface area (Å²) in [4.78, 5) is 0. The van der Waals surface area contributed by atoms with Gasteiger partial charge in [0.1, 0.15) is 0 Å². The van der Waals surface area contributed by atoms with Gasteiger partial charge in [0.25, 0.3) is 0 Å². The van der Waals surface area contributed by atoms with Gasteiger partial charge in [0.15, 0.2) is 11.6 Å². The topological polar surface area (TPSA) is 64.0 Å². The molecule has 0 spiro atoms. The van der Waals surface area contributed by atoms with E-state index in [0.717, 1.165) is 10.9 Å². The second kappa shape index (κ2) is 2.99. The lowest BCUT2D eigenvalue weighted by molar-refractivity contribution is 0.601. The van der Waals surface area contributed by atoms with E-state index in [2.05, 4.69) is 5.10 Å². The van der Waals surface area contributed by atoms with Gasteiger partial charge in [-0.05, 0) is 6.92 Å². The van der Waals surface area contributed by atoms with E-state index in [1.165, 1.54) is 14.0 Å². The number of rotatable bonds is 2. The van der Waals surface area contributed by atoms with E-state index in [1.54, 1.807) is 0 Å². The number of sulfonamides is 1. The van der Waals surface area contributed by atoms with Gasteiger partial charge >= 0.3 is 0 Å². The predicted octanol–water partition coefficient (Wildman–Crippen LogP) is 0.239. The van der Waals surface area contributed by atoms with Gasteiger partial charge in [0, 0.05) is 7.05 Å². The molecule has 13 heavy (non-hydrogen) atoms. The average Bonchev–Trinajstić information content (AvgIpc) is 2.14. The zero-order valence-electron chi connectivity index (χ0n) is 7.50. The van der Waals surface area contributed by atoms with Crippen LogP contribution in [0.2, 0.25) is 0 Å². The molecule has 0 amide bonds. The van der Waals surface area contributed by atoms with Crippen LogP contribution in [-0.4, -0.2) is 24.5 Å². The van der Waals surface area contributed by atoms with Crippen LogP contribution in [0.15, 0.2) is 0 Å². The quantitative estimate of drug-likeness (QED) is 0.755. The number of aromatic nitrogens is 2. The van der Waals surface area contributed by atoms with Crippen molar-refractivity contribution < 1.29 is 12.8 Å². The second-order valence-corrected chi connectivity index (χ2v) is 4.49. The molecule has 0 saturated carbocycles. The molecule has 0 atom stereocenters. The molecule has 0 aromatic carbocycles. The fourth-order valence-corrected chi connectivity index (χ4v) is 1.49. The Morgan fingerprint density at radius 1 is 1.54 bits per heavy atom. The summed E-state index contributed by atoms with van der Waals surface area (Å²) >= 11 is 0. The maximum Gasteiger partial charge on any atom is 0.231 e. The van der Waals surface area contributed by atoms with Crippen LogP contribution in [-0.2, 0) is 17.1 Å². The molecule has 0 aliphatic rings. The van der Waals surface area contributed by atoms with Crippen molar-refractivity contribution in [2.45, 2.75) is 6.92 Å². The first-order valence-electron chi connectivity index (χ1n) is 3.48. The van der Waals surface area contributed by atoms with Crippen LogP contribution in [0.1, 0.15) is 5.69 Å². The molecule has 0 radical (unpaired) electrons. The Balaban J connectivity index is 3.15. The minimum atomic E-state index is -3.46. The third-order valence-electron chi connectivity index (χ3n) is 1.43. The predicted molar refractivity (Wildman–Crippen MR) is 46.4 cm³/mol. The van der Waals surface area contributed by atoms with Gasteiger partial charge in [0.05, 0.1) is 11.9 Å². The van der Waals surface area contributed by atoms with Crippen molar-refractivity contribution >= 4 is 15.8 Å². The number of halogens is 1. The molecule has 0 fully saturated rings. The van der Waals surface area contributed by atoms with Gasteiger partial charge in [-0.2, -0.15) is 5.10 Å². The first-order chi connectivity index (χ1) is 5.81. The van der Waals surface area contributed by atoms with E-state index in [-0.39, 0.29) is 11.5 Å². The van der Waals surface area contributed by atoms with Crippen molar-refractivity contribution in [3.63, 3.8) is 0 Å². The second-order valence-electron chi connectivity index (χ2n) is 2.75. The standard InChI is InChI=1S/C6H10FN3O2S/c1-4-5(7)6(10(2)8-4)9-13(3,11)12/h9H,1-3H3. The van der Waals surface area contributed by atoms with Gasteiger partial charge < -0.3 is 0 Å². The molecule has 0 aliphatic carbocycles. The summed E-state index contributed by atoms with van der Waals surface area (Å²) < 4.78 is 37.9. The Labute approximate surface area is 75.6 Å². The molecule has 1 aromatic rings. The lowest BCUT2D eigenvalue weighted by Gasteiger charge is -2.02. The van der Waals surface area contributed by atoms with Crippen LogP contribution in [0, 0.1) is 12.7 Å². The fourth-order valence-electron chi connectivity index (χ4n) is 0.919. The molecule has 74 valence electrons. The summed E-state index contributed by atoms with van der Waals surface area (Å²) in [5.41, 5.74) is 0.161. The van der Waals surface area contributed by atoms with Crippen molar-refractivity contribution in [3.05, 3.63) is 11.5 Å². The minimum Gasteiger partial charge on any atom is -0.265 e. The number of hydrogen-bond donors (Lipinski definition) is 1. The summed E-state index contributed by atoms with van der Waals surface area (Å²) in [6, 6.07) is 0. The van der Waals surface area contributed by atoms with Gasteiger partial charge in [0.2, 0.25) is 10.0 Å². The first kappa shape index (κ1) is 9.97. The molecule has 0 saturated heterocycles. The van der Waals surface area contributed by atoms with Gasteiger partial charge in [-0.25, -0.2) is 17.5 Å². The number of nitrogens with zero attached hydrogens (tertiary/aromatic N) is 2. The SMILES string of the molecule is Cc1nn(C)c(NS(C)(=O)=O)c1F. The van der Waals surface area contributed by atoms with Crippen molar-refractivity contribution in [1.29, 1.82) is 0 Å². The molecule has 1 N–H and O–H groups in total. The Hall–Kier alpha value is -1.11. The van der Waals surface area contributed by atoms with E-state index in [4.69, 9.17) is 0 Å². The Bertz CT molecular complexity index is 423. The van der Waals surface area contributed by atoms with E-state index in [9.17, 15) is 12.8 Å². The van der Waals surface area contributed by atoms with Crippen LogP contribution >= 0.6 is 0 Å². The van der Waals surface area contributed by atoms with Gasteiger partial charge in [-0.1, -0.05) is 0 Å². The van der Waals surface area contributed by atoms with Crippen LogP contribution in [0.4, 0.5) is 10.2 Å². The average molecular weight is 207 g/mol. The Morgan fingerprint density at radius 3 is 2.38 bits per heavy atom. The minimum absolute atomic E-state index is 0.139. The van der Waals surface area contributed by atoms with E-state index in [1.807, 2.05) is 4.72 Å². The Kier molecular flexibility index (Phi) is 2.29. The molecule has 1 rings (SSSR count). The van der Waals surface area contributed by atoms with Gasteiger partial charge in [-0.3, -0.25) is 4.72 Å². The summed E-state index contributed by atoms with van der Waals surface area (Å²) in [6.45, 7) is 1.46. The molecule has 1 heterocycles.